The van der Waals surface area contributed by atoms with Gasteiger partial charge < -0.3 is 10.5 Å². The van der Waals surface area contributed by atoms with Gasteiger partial charge in [0.1, 0.15) is 0 Å². The highest BCUT2D eigenvalue weighted by atomic mass is 32.1. The summed E-state index contributed by atoms with van der Waals surface area (Å²) in [6.45, 7) is 3.80. The van der Waals surface area contributed by atoms with Gasteiger partial charge in [-0.05, 0) is 30.2 Å². The molecule has 0 saturated heterocycles. The van der Waals surface area contributed by atoms with Gasteiger partial charge >= 0.3 is 6.18 Å². The van der Waals surface area contributed by atoms with Crippen LogP contribution in [0.1, 0.15) is 35.4 Å². The number of halogens is 3. The summed E-state index contributed by atoms with van der Waals surface area (Å²) in [6.07, 6.45) is -2.86. The molecule has 0 saturated carbocycles. The van der Waals surface area contributed by atoms with E-state index in [1.165, 1.54) is 0 Å². The van der Waals surface area contributed by atoms with Gasteiger partial charge in [-0.3, -0.25) is 0 Å². The Morgan fingerprint density at radius 3 is 2.44 bits per heavy atom. The van der Waals surface area contributed by atoms with Crippen molar-refractivity contribution >= 4 is 22.2 Å². The fourth-order valence-electron chi connectivity index (χ4n) is 2.54. The van der Waals surface area contributed by atoms with Gasteiger partial charge in [0, 0.05) is 17.0 Å². The summed E-state index contributed by atoms with van der Waals surface area (Å²) in [5.41, 5.74) is 2.24. The summed E-state index contributed by atoms with van der Waals surface area (Å²) in [7, 11) is 0. The minimum absolute atomic E-state index is 0.0850. The summed E-state index contributed by atoms with van der Waals surface area (Å²) in [4.78, 5) is 4.40. The topological polar surface area (TPSA) is 63.0 Å². The molecule has 0 amide bonds. The summed E-state index contributed by atoms with van der Waals surface area (Å²) in [5, 5.41) is 17.6. The fraction of sp³-hybridized carbons (Fsp3) is 0.250. The highest BCUT2D eigenvalue weighted by Crippen LogP contribution is 2.33. The maximum absolute atomic E-state index is 12.6. The first-order valence-corrected chi connectivity index (χ1v) is 8.27. The van der Waals surface area contributed by atoms with Crippen molar-refractivity contribution in [1.29, 1.82) is 0 Å². The first-order valence-electron chi connectivity index (χ1n) is 7.39. The minimum Gasteiger partial charge on any atom is -0.411 e. The predicted molar refractivity (Wildman–Crippen MR) is 88.5 cm³/mol. The smallest absolute Gasteiger partial charge is 0.411 e. The number of rotatable bonds is 4. The highest BCUT2D eigenvalue weighted by Gasteiger charge is 2.33. The van der Waals surface area contributed by atoms with E-state index in [0.29, 0.717) is 11.4 Å². The normalized spacial score (nSPS) is 13.0. The van der Waals surface area contributed by atoms with Crippen LogP contribution in [0, 0.1) is 6.92 Å². The van der Waals surface area contributed by atoms with Crippen molar-refractivity contribution in [2.75, 3.05) is 5.32 Å². The van der Waals surface area contributed by atoms with E-state index in [0.717, 1.165) is 32.7 Å². The van der Waals surface area contributed by atoms with Gasteiger partial charge in [0.05, 0.1) is 11.9 Å². The van der Waals surface area contributed by atoms with E-state index in [9.17, 15) is 18.4 Å². The first-order chi connectivity index (χ1) is 11.8. The first kappa shape index (κ1) is 17.3. The number of benzene rings is 1. The number of hydrogen-bond donors (Lipinski definition) is 2. The molecule has 0 aliphatic heterocycles. The second kappa shape index (κ2) is 6.40. The summed E-state index contributed by atoms with van der Waals surface area (Å²) in [5.74, 6) is -0.0850. The number of anilines is 2. The van der Waals surface area contributed by atoms with E-state index in [1.54, 1.807) is 18.3 Å². The van der Waals surface area contributed by atoms with E-state index < -0.39 is 11.9 Å². The maximum atomic E-state index is 12.6. The van der Waals surface area contributed by atoms with Crippen molar-refractivity contribution in [3.8, 4) is 0 Å². The lowest BCUT2D eigenvalue weighted by Crippen LogP contribution is -2.06. The second-order valence-electron chi connectivity index (χ2n) is 5.61. The molecule has 2 aromatic heterocycles. The molecule has 25 heavy (non-hydrogen) atoms. The Labute approximate surface area is 145 Å². The van der Waals surface area contributed by atoms with Crippen LogP contribution in [0.4, 0.5) is 24.0 Å². The van der Waals surface area contributed by atoms with Crippen molar-refractivity contribution < 1.29 is 18.4 Å². The zero-order chi connectivity index (χ0) is 18.2. The largest absolute Gasteiger partial charge is 0.434 e. The zero-order valence-electron chi connectivity index (χ0n) is 13.4. The van der Waals surface area contributed by atoms with Gasteiger partial charge in [0.25, 0.3) is 0 Å². The highest BCUT2D eigenvalue weighted by molar-refractivity contribution is 7.13. The lowest BCUT2D eigenvalue weighted by atomic mass is 9.95. The molecule has 0 aliphatic carbocycles. The molecule has 5 nitrogen and oxygen atoms in total. The lowest BCUT2D eigenvalue weighted by Gasteiger charge is -2.13. The molecule has 0 spiro atoms. The molecule has 2 heterocycles. The Balaban J connectivity index is 1.75. The van der Waals surface area contributed by atoms with Crippen molar-refractivity contribution in [2.45, 2.75) is 25.9 Å². The zero-order valence-corrected chi connectivity index (χ0v) is 14.2. The van der Waals surface area contributed by atoms with E-state index in [1.807, 2.05) is 26.0 Å². The summed E-state index contributed by atoms with van der Waals surface area (Å²) < 4.78 is 37.7. The Hall–Kier alpha value is -2.55. The maximum Gasteiger partial charge on any atom is 0.434 e. The number of aromatic nitrogens is 3. The van der Waals surface area contributed by atoms with Gasteiger partial charge in [0.2, 0.25) is 0 Å². The van der Waals surface area contributed by atoms with Crippen molar-refractivity contribution in [2.24, 2.45) is 0 Å². The Bertz CT molecular complexity index is 851. The summed E-state index contributed by atoms with van der Waals surface area (Å²) >= 11 is 0.897. The van der Waals surface area contributed by atoms with E-state index in [2.05, 4.69) is 15.4 Å². The molecular weight excluding hydrogens is 353 g/mol. The third-order valence-corrected chi connectivity index (χ3v) is 4.60. The Kier molecular flexibility index (Phi) is 4.42. The molecule has 132 valence electrons. The molecule has 0 radical (unpaired) electrons. The number of thiazole rings is 1. The second-order valence-corrected chi connectivity index (χ2v) is 6.46. The monoisotopic (exact) mass is 368 g/mol. The Morgan fingerprint density at radius 2 is 1.92 bits per heavy atom. The third kappa shape index (κ3) is 3.60. The summed E-state index contributed by atoms with van der Waals surface area (Å²) in [6, 6.07) is 7.21. The number of hydrogen-bond acceptors (Lipinski definition) is 5. The molecule has 3 aromatic rings. The van der Waals surface area contributed by atoms with Crippen LogP contribution in [0.5, 0.6) is 0 Å². The predicted octanol–water partition coefficient (Wildman–Crippen LogP) is 4.80. The van der Waals surface area contributed by atoms with Crippen LogP contribution in [0.2, 0.25) is 0 Å². The Morgan fingerprint density at radius 1 is 1.24 bits per heavy atom. The van der Waals surface area contributed by atoms with Crippen LogP contribution < -0.4 is 5.32 Å². The molecule has 9 heteroatoms. The van der Waals surface area contributed by atoms with Crippen LogP contribution in [-0.2, 0) is 6.18 Å². The van der Waals surface area contributed by atoms with Crippen LogP contribution in [0.15, 0.2) is 35.8 Å². The van der Waals surface area contributed by atoms with Crippen molar-refractivity contribution in [3.05, 3.63) is 58.4 Å². The van der Waals surface area contributed by atoms with Crippen LogP contribution in [-0.4, -0.2) is 20.1 Å². The molecule has 0 fully saturated rings. The van der Waals surface area contributed by atoms with Crippen LogP contribution in [0.3, 0.4) is 0 Å². The van der Waals surface area contributed by atoms with E-state index in [-0.39, 0.29) is 11.0 Å². The number of alkyl halides is 3. The molecule has 2 N–H and O–H groups in total. The SMILES string of the molecule is Cc1cnn(O)c1[C@H](C)c1ccc(Nc2nc(C(F)(F)F)cs2)cc1. The van der Waals surface area contributed by atoms with Crippen LogP contribution in [0.25, 0.3) is 0 Å². The molecular formula is C16H15F3N4OS. The molecule has 0 unspecified atom stereocenters. The van der Waals surface area contributed by atoms with Crippen LogP contribution >= 0.6 is 11.3 Å². The van der Waals surface area contributed by atoms with Crippen molar-refractivity contribution in [1.82, 2.24) is 14.9 Å². The quantitative estimate of drug-likeness (QED) is 0.650. The molecule has 0 aliphatic rings. The lowest BCUT2D eigenvalue weighted by molar-refractivity contribution is -0.140. The van der Waals surface area contributed by atoms with Gasteiger partial charge in [-0.15, -0.1) is 21.3 Å². The van der Waals surface area contributed by atoms with Crippen molar-refractivity contribution in [3.63, 3.8) is 0 Å². The minimum atomic E-state index is -4.44. The average molecular weight is 368 g/mol. The molecule has 1 aromatic carbocycles. The van der Waals surface area contributed by atoms with Gasteiger partial charge in [-0.25, -0.2) is 4.98 Å². The van der Waals surface area contributed by atoms with E-state index in [4.69, 9.17) is 0 Å². The van der Waals surface area contributed by atoms with E-state index >= 15 is 0 Å². The fourth-order valence-corrected chi connectivity index (χ4v) is 3.28. The third-order valence-electron chi connectivity index (χ3n) is 3.85. The number of aryl methyl sites for hydroxylation is 1. The van der Waals surface area contributed by atoms with Gasteiger partial charge in [-0.2, -0.15) is 13.2 Å². The molecule has 1 atom stereocenters. The average Bonchev–Trinajstić information content (AvgIpc) is 3.14. The van der Waals surface area contributed by atoms with Gasteiger partial charge in [-0.1, -0.05) is 19.1 Å². The standard InChI is InChI=1S/C16H15F3N4OS/c1-9-7-20-23(24)14(9)10(2)11-3-5-12(6-4-11)21-15-22-13(8-25-15)16(17,18)19/h3-8,10,24H,1-2H3,(H,21,22)/t10-/m1/s1. The number of nitrogens with zero attached hydrogens (tertiary/aromatic N) is 3. The van der Waals surface area contributed by atoms with Gasteiger partial charge in [0.15, 0.2) is 10.8 Å². The number of nitrogens with one attached hydrogen (secondary N) is 1. The molecule has 3 rings (SSSR count). The molecule has 0 bridgehead atoms.